The highest BCUT2D eigenvalue weighted by Crippen LogP contribution is 2.17. The second-order valence-electron chi connectivity index (χ2n) is 3.40. The smallest absolute Gasteiger partial charge is 0.471 e. The summed E-state index contributed by atoms with van der Waals surface area (Å²) in [6.07, 6.45) is -4.96. The zero-order valence-electron chi connectivity index (χ0n) is 9.85. The summed E-state index contributed by atoms with van der Waals surface area (Å²) in [6.45, 7) is -0.835. The minimum atomic E-state index is -4.96. The van der Waals surface area contributed by atoms with Crippen LogP contribution in [0.5, 0.6) is 5.75 Å². The number of carbonyl (C=O) groups is 1. The highest BCUT2D eigenvalue weighted by Gasteiger charge is 2.38. The van der Waals surface area contributed by atoms with Gasteiger partial charge in [0.15, 0.2) is 11.6 Å². The number of hydrogen-bond donors (Lipinski definition) is 1. The molecule has 1 aromatic carbocycles. The van der Waals surface area contributed by atoms with Crippen LogP contribution in [0.4, 0.5) is 22.0 Å². The summed E-state index contributed by atoms with van der Waals surface area (Å²) in [4.78, 5) is 10.4. The van der Waals surface area contributed by atoms with Gasteiger partial charge in [0.1, 0.15) is 12.4 Å². The summed E-state index contributed by atoms with van der Waals surface area (Å²) < 4.78 is 65.7. The highest BCUT2D eigenvalue weighted by molar-refractivity contribution is 5.81. The minimum Gasteiger partial charge on any atom is -0.478 e. The first-order valence-corrected chi connectivity index (χ1v) is 5.19. The van der Waals surface area contributed by atoms with Crippen molar-refractivity contribution in [3.05, 3.63) is 29.8 Å². The van der Waals surface area contributed by atoms with Crippen LogP contribution in [-0.2, 0) is 4.79 Å². The van der Waals surface area contributed by atoms with Crippen molar-refractivity contribution in [2.75, 3.05) is 13.2 Å². The Hall–Kier alpha value is -2.30. The van der Waals surface area contributed by atoms with Gasteiger partial charge in [0.2, 0.25) is 0 Å². The largest absolute Gasteiger partial charge is 0.478 e. The molecule has 0 aliphatic carbocycles. The standard InChI is InChI=1S/C12H8F5NO2/c13-8-3-4-10(9(14)7-8)20-6-2-1-5-18-11(19)12(15,16)17/h3-4,7H,5-6H2,(H,18,19). The van der Waals surface area contributed by atoms with Crippen LogP contribution >= 0.6 is 0 Å². The number of rotatable bonds is 3. The average Bonchev–Trinajstić information content (AvgIpc) is 2.34. The second kappa shape index (κ2) is 6.75. The Labute approximate surface area is 110 Å². The number of ether oxygens (including phenoxy) is 1. The van der Waals surface area contributed by atoms with Gasteiger partial charge in [-0.15, -0.1) is 0 Å². The van der Waals surface area contributed by atoms with E-state index >= 15 is 0 Å². The van der Waals surface area contributed by atoms with Gasteiger partial charge in [0.05, 0.1) is 6.54 Å². The molecular formula is C12H8F5NO2. The molecule has 1 N–H and O–H groups in total. The Balaban J connectivity index is 2.35. The van der Waals surface area contributed by atoms with Gasteiger partial charge in [-0.25, -0.2) is 8.78 Å². The van der Waals surface area contributed by atoms with Crippen molar-refractivity contribution in [2.45, 2.75) is 6.18 Å². The van der Waals surface area contributed by atoms with Crippen LogP contribution in [0, 0.1) is 23.5 Å². The second-order valence-corrected chi connectivity index (χ2v) is 3.40. The molecule has 0 aliphatic heterocycles. The zero-order chi connectivity index (χ0) is 15.2. The van der Waals surface area contributed by atoms with E-state index in [-0.39, 0.29) is 12.4 Å². The summed E-state index contributed by atoms with van der Waals surface area (Å²) in [7, 11) is 0. The van der Waals surface area contributed by atoms with Crippen LogP contribution in [0.15, 0.2) is 18.2 Å². The van der Waals surface area contributed by atoms with Crippen molar-refractivity contribution in [1.82, 2.24) is 5.32 Å². The third-order valence-corrected chi connectivity index (χ3v) is 1.91. The van der Waals surface area contributed by atoms with Gasteiger partial charge in [0.25, 0.3) is 0 Å². The number of halogens is 5. The molecule has 3 nitrogen and oxygen atoms in total. The lowest BCUT2D eigenvalue weighted by atomic mass is 10.3. The van der Waals surface area contributed by atoms with Crippen molar-refractivity contribution in [2.24, 2.45) is 0 Å². The summed E-state index contributed by atoms with van der Waals surface area (Å²) in [5.74, 6) is 0.431. The fraction of sp³-hybridized carbons (Fsp3) is 0.250. The first kappa shape index (κ1) is 15.8. The van der Waals surface area contributed by atoms with Crippen molar-refractivity contribution < 1.29 is 31.5 Å². The number of hydrogen-bond acceptors (Lipinski definition) is 2. The molecule has 1 rings (SSSR count). The molecule has 0 saturated carbocycles. The number of nitrogens with one attached hydrogen (secondary N) is 1. The van der Waals surface area contributed by atoms with Gasteiger partial charge in [-0.05, 0) is 12.1 Å². The zero-order valence-corrected chi connectivity index (χ0v) is 9.85. The summed E-state index contributed by atoms with van der Waals surface area (Å²) in [5.41, 5.74) is 0. The molecule has 20 heavy (non-hydrogen) atoms. The van der Waals surface area contributed by atoms with Crippen LogP contribution in [0.1, 0.15) is 0 Å². The Morgan fingerprint density at radius 3 is 2.55 bits per heavy atom. The van der Waals surface area contributed by atoms with E-state index in [0.29, 0.717) is 6.07 Å². The van der Waals surface area contributed by atoms with E-state index in [2.05, 4.69) is 11.8 Å². The molecule has 1 aromatic rings. The molecule has 0 fully saturated rings. The molecule has 0 aliphatic rings. The quantitative estimate of drug-likeness (QED) is 0.684. The highest BCUT2D eigenvalue weighted by atomic mass is 19.4. The first-order chi connectivity index (χ1) is 9.30. The van der Waals surface area contributed by atoms with E-state index in [1.165, 1.54) is 5.32 Å². The molecule has 108 valence electrons. The maximum absolute atomic E-state index is 13.1. The van der Waals surface area contributed by atoms with Crippen LogP contribution in [0.2, 0.25) is 0 Å². The van der Waals surface area contributed by atoms with Gasteiger partial charge < -0.3 is 10.1 Å². The lowest BCUT2D eigenvalue weighted by Gasteiger charge is -2.04. The van der Waals surface area contributed by atoms with Crippen LogP contribution in [-0.4, -0.2) is 25.2 Å². The molecular weight excluding hydrogens is 285 g/mol. The number of amides is 1. The molecule has 0 aromatic heterocycles. The van der Waals surface area contributed by atoms with Gasteiger partial charge in [-0.1, -0.05) is 11.8 Å². The van der Waals surface area contributed by atoms with E-state index in [0.717, 1.165) is 12.1 Å². The Morgan fingerprint density at radius 1 is 1.25 bits per heavy atom. The molecule has 0 unspecified atom stereocenters. The van der Waals surface area contributed by atoms with E-state index < -0.39 is 30.3 Å². The van der Waals surface area contributed by atoms with Crippen LogP contribution in [0.3, 0.4) is 0 Å². The van der Waals surface area contributed by atoms with E-state index in [9.17, 15) is 26.7 Å². The molecule has 1 amide bonds. The number of carbonyl (C=O) groups excluding carboxylic acids is 1. The molecule has 0 heterocycles. The lowest BCUT2D eigenvalue weighted by molar-refractivity contribution is -0.173. The SMILES string of the molecule is O=C(NCC#CCOc1ccc(F)cc1F)C(F)(F)F. The van der Waals surface area contributed by atoms with Gasteiger partial charge >= 0.3 is 12.1 Å². The van der Waals surface area contributed by atoms with E-state index in [4.69, 9.17) is 4.74 Å². The van der Waals surface area contributed by atoms with Crippen molar-refractivity contribution in [3.63, 3.8) is 0 Å². The monoisotopic (exact) mass is 293 g/mol. The Kier molecular flexibility index (Phi) is 5.32. The lowest BCUT2D eigenvalue weighted by Crippen LogP contribution is -2.36. The first-order valence-electron chi connectivity index (χ1n) is 5.19. The van der Waals surface area contributed by atoms with Crippen molar-refractivity contribution >= 4 is 5.91 Å². The third kappa shape index (κ3) is 5.14. The van der Waals surface area contributed by atoms with Crippen molar-refractivity contribution in [3.8, 4) is 17.6 Å². The fourth-order valence-corrected chi connectivity index (χ4v) is 1.04. The number of benzene rings is 1. The predicted molar refractivity (Wildman–Crippen MR) is 58.7 cm³/mol. The molecule has 0 radical (unpaired) electrons. The van der Waals surface area contributed by atoms with Crippen LogP contribution in [0.25, 0.3) is 0 Å². The van der Waals surface area contributed by atoms with Gasteiger partial charge in [-0.2, -0.15) is 13.2 Å². The fourth-order valence-electron chi connectivity index (χ4n) is 1.04. The van der Waals surface area contributed by atoms with Gasteiger partial charge in [-0.3, -0.25) is 4.79 Å². The van der Waals surface area contributed by atoms with E-state index in [1.807, 2.05) is 0 Å². The minimum absolute atomic E-state index is 0.236. The average molecular weight is 293 g/mol. The summed E-state index contributed by atoms with van der Waals surface area (Å²) >= 11 is 0. The summed E-state index contributed by atoms with van der Waals surface area (Å²) in [6, 6.07) is 2.65. The van der Waals surface area contributed by atoms with E-state index in [1.54, 1.807) is 0 Å². The van der Waals surface area contributed by atoms with Crippen LogP contribution < -0.4 is 10.1 Å². The van der Waals surface area contributed by atoms with Crippen molar-refractivity contribution in [1.29, 1.82) is 0 Å². The third-order valence-electron chi connectivity index (χ3n) is 1.91. The molecule has 0 bridgehead atoms. The number of alkyl halides is 3. The maximum Gasteiger partial charge on any atom is 0.471 e. The predicted octanol–water partition coefficient (Wildman–Crippen LogP) is 2.03. The summed E-state index contributed by atoms with van der Waals surface area (Å²) in [5, 5.41) is 1.52. The maximum atomic E-state index is 13.1. The molecule has 0 spiro atoms. The topological polar surface area (TPSA) is 38.3 Å². The Bertz CT molecular complexity index is 545. The molecule has 0 saturated heterocycles. The normalized spacial score (nSPS) is 10.4. The molecule has 8 heteroatoms. The van der Waals surface area contributed by atoms with Gasteiger partial charge in [0, 0.05) is 6.07 Å². The molecule has 0 atom stereocenters. The Morgan fingerprint density at radius 2 is 1.95 bits per heavy atom.